The Bertz CT molecular complexity index is 1000. The number of hydrogen-bond acceptors (Lipinski definition) is 5. The van der Waals surface area contributed by atoms with Crippen molar-refractivity contribution in [2.45, 2.75) is 19.4 Å². The number of imide groups is 1. The van der Waals surface area contributed by atoms with Gasteiger partial charge in [-0.05, 0) is 65.4 Å². The molecule has 1 atom stereocenters. The molecule has 0 radical (unpaired) electrons. The molecule has 0 aromatic heterocycles. The van der Waals surface area contributed by atoms with Gasteiger partial charge in [0.1, 0.15) is 6.04 Å². The molecule has 0 aliphatic carbocycles. The standard InChI is InChI=1S/C24H26IN3O4/c1-17-4-2-3-5-20(17)23(30)27(11-10-26-12-14-32-15-13-26)21-16-22(29)28(24(21)31)19-8-6-18(25)7-9-19/h2-9,21H,10-16H2,1H3. The van der Waals surface area contributed by atoms with Crippen molar-refractivity contribution < 1.29 is 19.1 Å². The summed E-state index contributed by atoms with van der Waals surface area (Å²) in [5, 5.41) is 0. The maximum Gasteiger partial charge on any atom is 0.257 e. The van der Waals surface area contributed by atoms with Crippen molar-refractivity contribution in [1.82, 2.24) is 9.80 Å². The van der Waals surface area contributed by atoms with Crippen LogP contribution in [0.4, 0.5) is 5.69 Å². The third-order valence-electron chi connectivity index (χ3n) is 5.98. The second-order valence-corrected chi connectivity index (χ2v) is 9.28. The largest absolute Gasteiger partial charge is 0.379 e. The number of halogens is 1. The van der Waals surface area contributed by atoms with Crippen LogP contribution in [0.5, 0.6) is 0 Å². The number of morpholine rings is 1. The van der Waals surface area contributed by atoms with Crippen LogP contribution >= 0.6 is 22.6 Å². The summed E-state index contributed by atoms with van der Waals surface area (Å²) >= 11 is 2.18. The van der Waals surface area contributed by atoms with Crippen molar-refractivity contribution in [2.24, 2.45) is 0 Å². The number of nitrogens with zero attached hydrogens (tertiary/aromatic N) is 3. The van der Waals surface area contributed by atoms with E-state index in [0.29, 0.717) is 37.6 Å². The number of amides is 3. The number of rotatable bonds is 6. The van der Waals surface area contributed by atoms with Gasteiger partial charge in [0.15, 0.2) is 0 Å². The predicted octanol–water partition coefficient (Wildman–Crippen LogP) is 2.71. The van der Waals surface area contributed by atoms with E-state index in [2.05, 4.69) is 27.5 Å². The summed E-state index contributed by atoms with van der Waals surface area (Å²) in [5.41, 5.74) is 1.95. The highest BCUT2D eigenvalue weighted by Gasteiger charge is 2.44. The van der Waals surface area contributed by atoms with E-state index in [1.54, 1.807) is 23.1 Å². The van der Waals surface area contributed by atoms with E-state index in [1.807, 2.05) is 37.3 Å². The van der Waals surface area contributed by atoms with Crippen molar-refractivity contribution >= 4 is 46.0 Å². The minimum absolute atomic E-state index is 0.00838. The lowest BCUT2D eigenvalue weighted by Gasteiger charge is -2.32. The highest BCUT2D eigenvalue weighted by Crippen LogP contribution is 2.27. The summed E-state index contributed by atoms with van der Waals surface area (Å²) < 4.78 is 6.43. The molecule has 0 bridgehead atoms. The number of anilines is 1. The molecular weight excluding hydrogens is 521 g/mol. The summed E-state index contributed by atoms with van der Waals surface area (Å²) in [6, 6.07) is 13.8. The van der Waals surface area contributed by atoms with Gasteiger partial charge in [-0.2, -0.15) is 0 Å². The first-order valence-electron chi connectivity index (χ1n) is 10.7. The zero-order valence-corrected chi connectivity index (χ0v) is 20.2. The monoisotopic (exact) mass is 547 g/mol. The third kappa shape index (κ3) is 4.87. The summed E-state index contributed by atoms with van der Waals surface area (Å²) in [7, 11) is 0. The van der Waals surface area contributed by atoms with Gasteiger partial charge in [0.25, 0.3) is 11.8 Å². The van der Waals surface area contributed by atoms with E-state index >= 15 is 0 Å². The van der Waals surface area contributed by atoms with Crippen molar-refractivity contribution in [3.8, 4) is 0 Å². The molecule has 0 spiro atoms. The van der Waals surface area contributed by atoms with Crippen LogP contribution in [0.3, 0.4) is 0 Å². The molecule has 168 valence electrons. The lowest BCUT2D eigenvalue weighted by atomic mass is 10.1. The maximum absolute atomic E-state index is 13.6. The van der Waals surface area contributed by atoms with E-state index in [1.165, 1.54) is 4.90 Å². The van der Waals surface area contributed by atoms with Gasteiger partial charge >= 0.3 is 0 Å². The zero-order valence-electron chi connectivity index (χ0n) is 18.0. The van der Waals surface area contributed by atoms with Crippen LogP contribution in [0.15, 0.2) is 48.5 Å². The average molecular weight is 547 g/mol. The van der Waals surface area contributed by atoms with Gasteiger partial charge in [0.05, 0.1) is 25.3 Å². The minimum Gasteiger partial charge on any atom is -0.379 e. The number of hydrogen-bond donors (Lipinski definition) is 0. The Morgan fingerprint density at radius 3 is 2.47 bits per heavy atom. The van der Waals surface area contributed by atoms with E-state index in [9.17, 15) is 14.4 Å². The van der Waals surface area contributed by atoms with Crippen molar-refractivity contribution in [1.29, 1.82) is 0 Å². The summed E-state index contributed by atoms with van der Waals surface area (Å²) in [6.45, 7) is 5.78. The third-order valence-corrected chi connectivity index (χ3v) is 6.70. The van der Waals surface area contributed by atoms with Gasteiger partial charge in [-0.15, -0.1) is 0 Å². The molecule has 2 aliphatic heterocycles. The maximum atomic E-state index is 13.6. The quantitative estimate of drug-likeness (QED) is 0.411. The molecule has 32 heavy (non-hydrogen) atoms. The fourth-order valence-electron chi connectivity index (χ4n) is 4.16. The molecule has 2 heterocycles. The number of carbonyl (C=O) groups excluding carboxylic acids is 3. The van der Waals surface area contributed by atoms with Crippen LogP contribution in [0.25, 0.3) is 0 Å². The van der Waals surface area contributed by atoms with E-state index < -0.39 is 6.04 Å². The van der Waals surface area contributed by atoms with Crippen LogP contribution in [-0.4, -0.2) is 73.0 Å². The predicted molar refractivity (Wildman–Crippen MR) is 130 cm³/mol. The van der Waals surface area contributed by atoms with Crippen molar-refractivity contribution in [2.75, 3.05) is 44.3 Å². The van der Waals surface area contributed by atoms with Crippen molar-refractivity contribution in [3.63, 3.8) is 0 Å². The van der Waals surface area contributed by atoms with Gasteiger partial charge < -0.3 is 9.64 Å². The molecule has 2 aromatic carbocycles. The summed E-state index contributed by atoms with van der Waals surface area (Å²) in [4.78, 5) is 44.8. The second-order valence-electron chi connectivity index (χ2n) is 8.03. The molecule has 2 aromatic rings. The number of benzene rings is 2. The molecule has 0 N–H and O–H groups in total. The first kappa shape index (κ1) is 22.9. The zero-order chi connectivity index (χ0) is 22.7. The topological polar surface area (TPSA) is 70.2 Å². The molecule has 7 nitrogen and oxygen atoms in total. The Morgan fingerprint density at radius 2 is 1.78 bits per heavy atom. The van der Waals surface area contributed by atoms with Crippen LogP contribution in [-0.2, 0) is 14.3 Å². The van der Waals surface area contributed by atoms with Gasteiger partial charge in [0, 0.05) is 35.3 Å². The van der Waals surface area contributed by atoms with Gasteiger partial charge in [0.2, 0.25) is 5.91 Å². The smallest absolute Gasteiger partial charge is 0.257 e. The van der Waals surface area contributed by atoms with Crippen LogP contribution < -0.4 is 4.90 Å². The fourth-order valence-corrected chi connectivity index (χ4v) is 4.52. The van der Waals surface area contributed by atoms with Crippen molar-refractivity contribution in [3.05, 3.63) is 63.2 Å². The lowest BCUT2D eigenvalue weighted by Crippen LogP contribution is -2.49. The SMILES string of the molecule is Cc1ccccc1C(=O)N(CCN1CCOCC1)C1CC(=O)N(c2ccc(I)cc2)C1=O. The van der Waals surface area contributed by atoms with Gasteiger partial charge in [-0.25, -0.2) is 4.90 Å². The van der Waals surface area contributed by atoms with Gasteiger partial charge in [-0.3, -0.25) is 19.3 Å². The number of aryl methyl sites for hydroxylation is 1. The average Bonchev–Trinajstić information content (AvgIpc) is 3.09. The number of carbonyl (C=O) groups is 3. The highest BCUT2D eigenvalue weighted by molar-refractivity contribution is 14.1. The first-order chi connectivity index (χ1) is 15.5. The molecule has 8 heteroatoms. The molecule has 2 aliphatic rings. The van der Waals surface area contributed by atoms with E-state index in [0.717, 1.165) is 22.2 Å². The molecule has 2 fully saturated rings. The summed E-state index contributed by atoms with van der Waals surface area (Å²) in [6.07, 6.45) is -0.00838. The molecule has 4 rings (SSSR count). The highest BCUT2D eigenvalue weighted by atomic mass is 127. The normalized spacial score (nSPS) is 19.4. The lowest BCUT2D eigenvalue weighted by molar-refractivity contribution is -0.122. The van der Waals surface area contributed by atoms with Crippen LogP contribution in [0.2, 0.25) is 0 Å². The van der Waals surface area contributed by atoms with Gasteiger partial charge in [-0.1, -0.05) is 18.2 Å². The molecule has 2 saturated heterocycles. The molecule has 3 amide bonds. The summed E-state index contributed by atoms with van der Waals surface area (Å²) in [5.74, 6) is -0.845. The van der Waals surface area contributed by atoms with Crippen LogP contribution in [0, 0.1) is 10.5 Å². The molecule has 0 saturated carbocycles. The van der Waals surface area contributed by atoms with Crippen LogP contribution in [0.1, 0.15) is 22.3 Å². The Morgan fingerprint density at radius 1 is 1.09 bits per heavy atom. The Hall–Kier alpha value is -2.30. The fraction of sp³-hybridized carbons (Fsp3) is 0.375. The van der Waals surface area contributed by atoms with E-state index in [-0.39, 0.29) is 24.1 Å². The Balaban J connectivity index is 1.60. The van der Waals surface area contributed by atoms with E-state index in [4.69, 9.17) is 4.74 Å². The first-order valence-corrected chi connectivity index (χ1v) is 11.8. The minimum atomic E-state index is -0.810. The number of ether oxygens (including phenoxy) is 1. The molecule has 1 unspecified atom stereocenters. The molecular formula is C24H26IN3O4. The Kier molecular flexibility index (Phi) is 7.22. The second kappa shape index (κ2) is 10.1. The Labute approximate surface area is 201 Å².